The van der Waals surface area contributed by atoms with Crippen LogP contribution < -0.4 is 5.32 Å². The van der Waals surface area contributed by atoms with E-state index < -0.39 is 11.6 Å². The number of benzene rings is 1. The van der Waals surface area contributed by atoms with Crippen molar-refractivity contribution in [3.63, 3.8) is 0 Å². The molecule has 0 spiro atoms. The Morgan fingerprint density at radius 1 is 1.24 bits per heavy atom. The maximum absolute atomic E-state index is 13.8. The lowest BCUT2D eigenvalue weighted by atomic mass is 10.1. The number of aromatic nitrogens is 1. The van der Waals surface area contributed by atoms with Gasteiger partial charge >= 0.3 is 0 Å². The van der Waals surface area contributed by atoms with Crippen molar-refractivity contribution in [3.05, 3.63) is 58.9 Å². The molecular formula is C17H20F2N2. The summed E-state index contributed by atoms with van der Waals surface area (Å²) in [4.78, 5) is 0. The fraction of sp³-hybridized carbons (Fsp3) is 0.412. The van der Waals surface area contributed by atoms with Crippen LogP contribution >= 0.6 is 0 Å². The van der Waals surface area contributed by atoms with E-state index in [0.717, 1.165) is 18.9 Å². The Balaban J connectivity index is 1.87. The minimum atomic E-state index is -0.533. The molecule has 1 aliphatic rings. The fourth-order valence-electron chi connectivity index (χ4n) is 3.15. The van der Waals surface area contributed by atoms with Gasteiger partial charge in [0, 0.05) is 36.6 Å². The quantitative estimate of drug-likeness (QED) is 0.851. The molecule has 0 radical (unpaired) electrons. The molecule has 21 heavy (non-hydrogen) atoms. The van der Waals surface area contributed by atoms with Crippen molar-refractivity contribution in [1.29, 1.82) is 0 Å². The molecule has 2 nitrogen and oxygen atoms in total. The van der Waals surface area contributed by atoms with Crippen LogP contribution in [0.5, 0.6) is 0 Å². The van der Waals surface area contributed by atoms with Gasteiger partial charge in [0.15, 0.2) is 0 Å². The van der Waals surface area contributed by atoms with Gasteiger partial charge in [0.05, 0.1) is 0 Å². The first-order valence-electron chi connectivity index (χ1n) is 7.47. The summed E-state index contributed by atoms with van der Waals surface area (Å²) in [5.41, 5.74) is 3.18. The van der Waals surface area contributed by atoms with Crippen LogP contribution in [0.1, 0.15) is 42.0 Å². The van der Waals surface area contributed by atoms with E-state index in [1.807, 2.05) is 11.6 Å². The Bertz CT molecular complexity index is 634. The van der Waals surface area contributed by atoms with Crippen LogP contribution in [0.2, 0.25) is 0 Å². The van der Waals surface area contributed by atoms with Crippen molar-refractivity contribution in [2.75, 3.05) is 7.05 Å². The number of nitrogens with zero attached hydrogens (tertiary/aromatic N) is 1. The number of nitrogens with one attached hydrogen (secondary N) is 1. The van der Waals surface area contributed by atoms with Gasteiger partial charge in [-0.05, 0) is 43.5 Å². The minimum Gasteiger partial charge on any atom is -0.349 e. The summed E-state index contributed by atoms with van der Waals surface area (Å²) < 4.78 is 28.7. The summed E-state index contributed by atoms with van der Waals surface area (Å²) in [6.07, 6.45) is 8.84. The predicted octanol–water partition coefficient (Wildman–Crippen LogP) is 3.80. The first-order chi connectivity index (χ1) is 10.2. The monoisotopic (exact) mass is 290 g/mol. The zero-order valence-electron chi connectivity index (χ0n) is 12.2. The van der Waals surface area contributed by atoms with Gasteiger partial charge in [0.2, 0.25) is 0 Å². The van der Waals surface area contributed by atoms with Crippen LogP contribution in [0.3, 0.4) is 0 Å². The Labute approximate surface area is 123 Å². The second kappa shape index (κ2) is 5.98. The molecule has 1 aromatic carbocycles. The predicted molar refractivity (Wildman–Crippen MR) is 79.2 cm³/mol. The van der Waals surface area contributed by atoms with E-state index in [1.165, 1.54) is 36.1 Å². The van der Waals surface area contributed by atoms with Crippen LogP contribution in [0, 0.1) is 11.6 Å². The second-order valence-electron chi connectivity index (χ2n) is 5.73. The van der Waals surface area contributed by atoms with E-state index in [-0.39, 0.29) is 0 Å². The van der Waals surface area contributed by atoms with E-state index in [9.17, 15) is 8.78 Å². The topological polar surface area (TPSA) is 17.0 Å². The number of rotatable bonds is 3. The standard InChI is InChI=1S/C17H20F2N2/c1-20-17-5-3-2-4-12-9-21(11-15(12)17)10-13-6-7-14(18)8-16(13)19/h6-9,11,17,20H,2-5,10H2,1H3. The van der Waals surface area contributed by atoms with Crippen molar-refractivity contribution in [1.82, 2.24) is 9.88 Å². The average molecular weight is 290 g/mol. The van der Waals surface area contributed by atoms with Gasteiger partial charge in [-0.15, -0.1) is 0 Å². The molecule has 0 amide bonds. The van der Waals surface area contributed by atoms with Gasteiger partial charge in [-0.25, -0.2) is 8.78 Å². The second-order valence-corrected chi connectivity index (χ2v) is 5.73. The van der Waals surface area contributed by atoms with E-state index in [2.05, 4.69) is 17.7 Å². The Morgan fingerprint density at radius 3 is 2.86 bits per heavy atom. The van der Waals surface area contributed by atoms with Gasteiger partial charge in [0.25, 0.3) is 0 Å². The largest absolute Gasteiger partial charge is 0.349 e. The molecule has 0 saturated heterocycles. The van der Waals surface area contributed by atoms with Crippen molar-refractivity contribution < 1.29 is 8.78 Å². The lowest BCUT2D eigenvalue weighted by molar-refractivity contribution is 0.530. The van der Waals surface area contributed by atoms with E-state index >= 15 is 0 Å². The molecule has 0 fully saturated rings. The number of halogens is 2. The Morgan fingerprint density at radius 2 is 2.10 bits per heavy atom. The molecule has 1 atom stereocenters. The lowest BCUT2D eigenvalue weighted by Crippen LogP contribution is -2.15. The van der Waals surface area contributed by atoms with Crippen molar-refractivity contribution >= 4 is 0 Å². The Hall–Kier alpha value is -1.68. The zero-order valence-corrected chi connectivity index (χ0v) is 12.2. The number of hydrogen-bond acceptors (Lipinski definition) is 1. The van der Waals surface area contributed by atoms with Crippen molar-refractivity contribution in [3.8, 4) is 0 Å². The highest BCUT2D eigenvalue weighted by Gasteiger charge is 2.19. The molecular weight excluding hydrogens is 270 g/mol. The van der Waals surface area contributed by atoms with Gasteiger partial charge in [0.1, 0.15) is 11.6 Å². The fourth-order valence-corrected chi connectivity index (χ4v) is 3.15. The molecule has 3 rings (SSSR count). The number of aryl methyl sites for hydroxylation is 1. The van der Waals surface area contributed by atoms with Crippen LogP contribution in [0.25, 0.3) is 0 Å². The highest BCUT2D eigenvalue weighted by Crippen LogP contribution is 2.29. The highest BCUT2D eigenvalue weighted by molar-refractivity contribution is 5.30. The zero-order chi connectivity index (χ0) is 14.8. The summed E-state index contributed by atoms with van der Waals surface area (Å²) >= 11 is 0. The van der Waals surface area contributed by atoms with Crippen LogP contribution in [-0.4, -0.2) is 11.6 Å². The third-order valence-electron chi connectivity index (χ3n) is 4.28. The van der Waals surface area contributed by atoms with Gasteiger partial charge in [-0.2, -0.15) is 0 Å². The van der Waals surface area contributed by atoms with Gasteiger partial charge in [-0.1, -0.05) is 12.5 Å². The lowest BCUT2D eigenvalue weighted by Gasteiger charge is -2.13. The van der Waals surface area contributed by atoms with Crippen LogP contribution in [0.15, 0.2) is 30.6 Å². The van der Waals surface area contributed by atoms with Gasteiger partial charge < -0.3 is 9.88 Å². The molecule has 0 bridgehead atoms. The van der Waals surface area contributed by atoms with E-state index in [1.54, 1.807) is 0 Å². The van der Waals surface area contributed by atoms with E-state index in [4.69, 9.17) is 0 Å². The van der Waals surface area contributed by atoms with Crippen molar-refractivity contribution in [2.45, 2.75) is 38.3 Å². The number of fused-ring (bicyclic) bond motifs is 1. The van der Waals surface area contributed by atoms with Crippen molar-refractivity contribution in [2.24, 2.45) is 0 Å². The average Bonchev–Trinajstić information content (AvgIpc) is 2.75. The normalized spacial score (nSPS) is 18.3. The molecule has 1 aromatic heterocycles. The minimum absolute atomic E-state index is 0.377. The SMILES string of the molecule is CNC1CCCCc2cn(Cc3ccc(F)cc3F)cc21. The molecule has 1 N–H and O–H groups in total. The molecule has 4 heteroatoms. The maximum atomic E-state index is 13.8. The first kappa shape index (κ1) is 14.3. The molecule has 112 valence electrons. The van der Waals surface area contributed by atoms with Crippen LogP contribution in [0.4, 0.5) is 8.78 Å². The number of hydrogen-bond donors (Lipinski definition) is 1. The molecule has 0 aliphatic heterocycles. The third-order valence-corrected chi connectivity index (χ3v) is 4.28. The molecule has 2 aromatic rings. The maximum Gasteiger partial charge on any atom is 0.131 e. The molecule has 1 unspecified atom stereocenters. The first-order valence-corrected chi connectivity index (χ1v) is 7.47. The Kier molecular flexibility index (Phi) is 4.06. The summed E-state index contributed by atoms with van der Waals surface area (Å²) in [7, 11) is 1.98. The molecule has 1 heterocycles. The smallest absolute Gasteiger partial charge is 0.131 e. The summed E-state index contributed by atoms with van der Waals surface area (Å²) in [6, 6.07) is 4.15. The molecule has 0 saturated carbocycles. The summed E-state index contributed by atoms with van der Waals surface area (Å²) in [5.74, 6) is -1.01. The summed E-state index contributed by atoms with van der Waals surface area (Å²) in [6.45, 7) is 0.440. The summed E-state index contributed by atoms with van der Waals surface area (Å²) in [5, 5.41) is 3.36. The third kappa shape index (κ3) is 3.00. The molecule has 1 aliphatic carbocycles. The van der Waals surface area contributed by atoms with Crippen LogP contribution in [-0.2, 0) is 13.0 Å². The van der Waals surface area contributed by atoms with Gasteiger partial charge in [-0.3, -0.25) is 0 Å². The highest BCUT2D eigenvalue weighted by atomic mass is 19.1. The van der Waals surface area contributed by atoms with E-state index in [0.29, 0.717) is 18.2 Å².